The van der Waals surface area contributed by atoms with E-state index in [2.05, 4.69) is 20.0 Å². The minimum atomic E-state index is -4.74. The first-order valence-electron chi connectivity index (χ1n) is 8.88. The Bertz CT molecular complexity index is 1130. The van der Waals surface area contributed by atoms with E-state index >= 15 is 0 Å². The lowest BCUT2D eigenvalue weighted by Crippen LogP contribution is -2.17. The largest absolute Gasteiger partial charge is 0.573 e. The van der Waals surface area contributed by atoms with Gasteiger partial charge in [-0.1, -0.05) is 36.4 Å². The van der Waals surface area contributed by atoms with Crippen molar-refractivity contribution in [1.82, 2.24) is 9.97 Å². The number of rotatable bonds is 5. The number of benzene rings is 2. The molecule has 0 fully saturated rings. The van der Waals surface area contributed by atoms with Crippen molar-refractivity contribution in [2.75, 3.05) is 5.32 Å². The first kappa shape index (κ1) is 18.7. The van der Waals surface area contributed by atoms with Crippen LogP contribution in [0.1, 0.15) is 5.69 Å². The molecule has 0 saturated carbocycles. The Hall–Kier alpha value is -3.61. The quantitative estimate of drug-likeness (QED) is 0.463. The number of aromatic nitrogens is 2. The molecule has 2 aromatic carbocycles. The Labute approximate surface area is 165 Å². The molecule has 0 radical (unpaired) electrons. The topological polar surface area (TPSA) is 47.0 Å². The lowest BCUT2D eigenvalue weighted by molar-refractivity contribution is -0.274. The molecule has 29 heavy (non-hydrogen) atoms. The molecule has 0 bridgehead atoms. The van der Waals surface area contributed by atoms with E-state index in [9.17, 15) is 13.2 Å². The van der Waals surface area contributed by atoms with Gasteiger partial charge in [0, 0.05) is 17.1 Å². The number of nitrogens with zero attached hydrogens (tertiary/aromatic N) is 2. The number of nitrogens with one attached hydrogen (secondary N) is 1. The molecule has 7 heteroatoms. The highest BCUT2D eigenvalue weighted by Crippen LogP contribution is 2.30. The van der Waals surface area contributed by atoms with Gasteiger partial charge in [-0.05, 0) is 36.4 Å². The van der Waals surface area contributed by atoms with E-state index in [4.69, 9.17) is 0 Å². The maximum Gasteiger partial charge on any atom is 0.573 e. The Morgan fingerprint density at radius 3 is 2.55 bits per heavy atom. The van der Waals surface area contributed by atoms with Crippen LogP contribution in [0.5, 0.6) is 5.75 Å². The normalized spacial score (nSPS) is 11.4. The fraction of sp³-hybridized carbons (Fsp3) is 0.0909. The Morgan fingerprint density at radius 1 is 0.897 bits per heavy atom. The molecule has 0 spiro atoms. The molecule has 0 atom stereocenters. The summed E-state index contributed by atoms with van der Waals surface area (Å²) in [6.07, 6.45) is -3.01. The fourth-order valence-electron chi connectivity index (χ4n) is 2.99. The molecule has 2 heterocycles. The molecule has 0 unspecified atom stereocenters. The summed E-state index contributed by atoms with van der Waals surface area (Å²) in [5.41, 5.74) is 3.52. The van der Waals surface area contributed by atoms with Crippen molar-refractivity contribution in [2.45, 2.75) is 12.9 Å². The third kappa shape index (κ3) is 4.63. The van der Waals surface area contributed by atoms with E-state index in [0.717, 1.165) is 22.3 Å². The van der Waals surface area contributed by atoms with Crippen LogP contribution < -0.4 is 10.1 Å². The van der Waals surface area contributed by atoms with Crippen LogP contribution in [0, 0.1) is 0 Å². The SMILES string of the molecule is FC(F)(F)Oc1cccc(-c2ccc3cccc(NCc4ccccn4)c3n2)c1. The predicted molar refractivity (Wildman–Crippen MR) is 105 cm³/mol. The van der Waals surface area contributed by atoms with E-state index in [1.165, 1.54) is 18.2 Å². The van der Waals surface area contributed by atoms with Crippen LogP contribution in [0.25, 0.3) is 22.2 Å². The number of hydrogen-bond acceptors (Lipinski definition) is 4. The molecule has 4 nitrogen and oxygen atoms in total. The molecule has 0 saturated heterocycles. The van der Waals surface area contributed by atoms with E-state index in [0.29, 0.717) is 17.8 Å². The fourth-order valence-corrected chi connectivity index (χ4v) is 2.99. The van der Waals surface area contributed by atoms with Crippen LogP contribution in [-0.4, -0.2) is 16.3 Å². The summed E-state index contributed by atoms with van der Waals surface area (Å²) in [5, 5.41) is 4.25. The van der Waals surface area contributed by atoms with Gasteiger partial charge in [0.25, 0.3) is 0 Å². The minimum absolute atomic E-state index is 0.279. The number of fused-ring (bicyclic) bond motifs is 1. The summed E-state index contributed by atoms with van der Waals surface area (Å²) in [6, 6.07) is 20.9. The molecule has 0 amide bonds. The molecule has 0 aliphatic carbocycles. The highest BCUT2D eigenvalue weighted by atomic mass is 19.4. The minimum Gasteiger partial charge on any atom is -0.406 e. The van der Waals surface area contributed by atoms with Gasteiger partial charge in [0.05, 0.1) is 29.1 Å². The molecular formula is C22H16F3N3O. The van der Waals surface area contributed by atoms with Crippen LogP contribution in [0.2, 0.25) is 0 Å². The smallest absolute Gasteiger partial charge is 0.406 e. The van der Waals surface area contributed by atoms with Gasteiger partial charge >= 0.3 is 6.36 Å². The summed E-state index contributed by atoms with van der Waals surface area (Å²) in [5.74, 6) is -0.279. The molecule has 0 aliphatic rings. The third-order valence-corrected chi connectivity index (χ3v) is 4.27. The second kappa shape index (κ2) is 7.79. The van der Waals surface area contributed by atoms with E-state index < -0.39 is 6.36 Å². The average molecular weight is 395 g/mol. The lowest BCUT2D eigenvalue weighted by atomic mass is 10.1. The molecule has 4 rings (SSSR count). The monoisotopic (exact) mass is 395 g/mol. The summed E-state index contributed by atoms with van der Waals surface area (Å²) in [7, 11) is 0. The average Bonchev–Trinajstić information content (AvgIpc) is 2.71. The maximum absolute atomic E-state index is 12.5. The predicted octanol–water partition coefficient (Wildman–Crippen LogP) is 5.81. The Morgan fingerprint density at radius 2 is 1.76 bits per heavy atom. The van der Waals surface area contributed by atoms with E-state index in [1.807, 2.05) is 42.5 Å². The van der Waals surface area contributed by atoms with Crippen molar-refractivity contribution in [3.63, 3.8) is 0 Å². The van der Waals surface area contributed by atoms with Gasteiger partial charge in [0.1, 0.15) is 5.75 Å². The van der Waals surface area contributed by atoms with Crippen molar-refractivity contribution in [3.05, 3.63) is 84.7 Å². The molecule has 2 aromatic heterocycles. The first-order valence-corrected chi connectivity index (χ1v) is 8.88. The van der Waals surface area contributed by atoms with Crippen LogP contribution in [-0.2, 0) is 6.54 Å². The summed E-state index contributed by atoms with van der Waals surface area (Å²) in [4.78, 5) is 8.96. The summed E-state index contributed by atoms with van der Waals surface area (Å²) >= 11 is 0. The number of alkyl halides is 3. The zero-order valence-electron chi connectivity index (χ0n) is 15.1. The van der Waals surface area contributed by atoms with Gasteiger partial charge in [0.2, 0.25) is 0 Å². The zero-order valence-corrected chi connectivity index (χ0v) is 15.1. The summed E-state index contributed by atoms with van der Waals surface area (Å²) < 4.78 is 41.5. The first-order chi connectivity index (χ1) is 14.0. The van der Waals surface area contributed by atoms with Crippen molar-refractivity contribution in [3.8, 4) is 17.0 Å². The molecular weight excluding hydrogens is 379 g/mol. The van der Waals surface area contributed by atoms with Crippen LogP contribution in [0.3, 0.4) is 0 Å². The van der Waals surface area contributed by atoms with Crippen LogP contribution in [0.15, 0.2) is 79.0 Å². The van der Waals surface area contributed by atoms with Gasteiger partial charge in [-0.15, -0.1) is 13.2 Å². The van der Waals surface area contributed by atoms with Gasteiger partial charge in [0.15, 0.2) is 0 Å². The van der Waals surface area contributed by atoms with Crippen molar-refractivity contribution < 1.29 is 17.9 Å². The number of para-hydroxylation sites is 1. The summed E-state index contributed by atoms with van der Waals surface area (Å²) in [6.45, 7) is 0.529. The van der Waals surface area contributed by atoms with Crippen LogP contribution >= 0.6 is 0 Å². The van der Waals surface area contributed by atoms with Gasteiger partial charge < -0.3 is 10.1 Å². The maximum atomic E-state index is 12.5. The van der Waals surface area contributed by atoms with Crippen molar-refractivity contribution >= 4 is 16.6 Å². The van der Waals surface area contributed by atoms with E-state index in [1.54, 1.807) is 18.3 Å². The van der Waals surface area contributed by atoms with E-state index in [-0.39, 0.29) is 5.75 Å². The van der Waals surface area contributed by atoms with Crippen molar-refractivity contribution in [2.24, 2.45) is 0 Å². The second-order valence-corrected chi connectivity index (χ2v) is 6.32. The zero-order chi connectivity index (χ0) is 20.3. The number of halogens is 3. The number of pyridine rings is 2. The standard InChI is InChI=1S/C22H16F3N3O/c23-22(24,25)29-18-8-3-6-16(13-18)19-11-10-15-5-4-9-20(21(15)28-19)27-14-17-7-1-2-12-26-17/h1-13,27H,14H2. The van der Waals surface area contributed by atoms with Gasteiger partial charge in [-0.3, -0.25) is 4.98 Å². The van der Waals surface area contributed by atoms with Gasteiger partial charge in [-0.2, -0.15) is 0 Å². The number of anilines is 1. The number of ether oxygens (including phenoxy) is 1. The highest BCUT2D eigenvalue weighted by molar-refractivity contribution is 5.92. The number of hydrogen-bond donors (Lipinski definition) is 1. The second-order valence-electron chi connectivity index (χ2n) is 6.32. The van der Waals surface area contributed by atoms with Gasteiger partial charge in [-0.25, -0.2) is 4.98 Å². The lowest BCUT2D eigenvalue weighted by Gasteiger charge is -2.12. The van der Waals surface area contributed by atoms with Crippen molar-refractivity contribution in [1.29, 1.82) is 0 Å². The third-order valence-electron chi connectivity index (χ3n) is 4.27. The Kier molecular flexibility index (Phi) is 5.03. The van der Waals surface area contributed by atoms with Crippen LogP contribution in [0.4, 0.5) is 18.9 Å². The molecule has 1 N–H and O–H groups in total. The Balaban J connectivity index is 1.66. The molecule has 4 aromatic rings. The highest BCUT2D eigenvalue weighted by Gasteiger charge is 2.31. The molecule has 146 valence electrons. The molecule has 0 aliphatic heterocycles.